The molecule has 1 aromatic carbocycles. The normalized spacial score (nSPS) is 12.2. The van der Waals surface area contributed by atoms with Crippen LogP contribution in [0.5, 0.6) is 5.75 Å². The molecule has 1 aromatic heterocycles. The topological polar surface area (TPSA) is 67.2 Å². The van der Waals surface area contributed by atoms with Crippen LogP contribution in [0.4, 0.5) is 5.69 Å². The summed E-state index contributed by atoms with van der Waals surface area (Å²) in [5.41, 5.74) is 1.64. The zero-order valence-electron chi connectivity index (χ0n) is 11.8. The third-order valence-electron chi connectivity index (χ3n) is 3.20. The van der Waals surface area contributed by atoms with Gasteiger partial charge in [0.25, 0.3) is 0 Å². The first kappa shape index (κ1) is 15.7. The number of carbonyl (C=O) groups excluding carboxylic acids is 1. The first-order valence-electron chi connectivity index (χ1n) is 6.32. The van der Waals surface area contributed by atoms with Gasteiger partial charge in [0.1, 0.15) is 11.8 Å². The summed E-state index contributed by atoms with van der Waals surface area (Å²) in [5, 5.41) is 17.6. The maximum atomic E-state index is 12.3. The van der Waals surface area contributed by atoms with E-state index in [0.29, 0.717) is 21.4 Å². The van der Waals surface area contributed by atoms with Crippen LogP contribution in [0.2, 0.25) is 10.0 Å². The van der Waals surface area contributed by atoms with E-state index in [4.69, 9.17) is 23.2 Å². The van der Waals surface area contributed by atoms with E-state index in [-0.39, 0.29) is 17.3 Å². The number of anilines is 1. The zero-order valence-corrected chi connectivity index (χ0v) is 13.3. The number of rotatable bonds is 3. The average molecular weight is 328 g/mol. The average Bonchev–Trinajstić information content (AvgIpc) is 2.69. The van der Waals surface area contributed by atoms with Crippen molar-refractivity contribution in [3.05, 3.63) is 39.6 Å². The van der Waals surface area contributed by atoms with Crippen LogP contribution in [0.3, 0.4) is 0 Å². The molecule has 2 N–H and O–H groups in total. The second kappa shape index (κ2) is 5.95. The maximum absolute atomic E-state index is 12.3. The van der Waals surface area contributed by atoms with Gasteiger partial charge in [-0.25, -0.2) is 0 Å². The molecule has 0 fully saturated rings. The van der Waals surface area contributed by atoms with Crippen LogP contribution in [0.1, 0.15) is 24.4 Å². The molecule has 1 atom stereocenters. The largest absolute Gasteiger partial charge is 0.506 e. The third-order valence-corrected chi connectivity index (χ3v) is 3.98. The Hall–Kier alpha value is -1.72. The summed E-state index contributed by atoms with van der Waals surface area (Å²) in [5.74, 6) is -0.374. The van der Waals surface area contributed by atoms with Crippen molar-refractivity contribution in [2.45, 2.75) is 26.8 Å². The molecule has 7 heteroatoms. The highest BCUT2D eigenvalue weighted by molar-refractivity contribution is 6.32. The SMILES string of the molecule is Cc1nn(C(C)C(=O)Nc2cc(Cl)ccc2O)c(C)c1Cl. The molecule has 1 heterocycles. The molecule has 2 rings (SSSR count). The molecule has 1 amide bonds. The highest BCUT2D eigenvalue weighted by atomic mass is 35.5. The fourth-order valence-electron chi connectivity index (χ4n) is 1.98. The highest BCUT2D eigenvalue weighted by Gasteiger charge is 2.21. The minimum absolute atomic E-state index is 0.0497. The summed E-state index contributed by atoms with van der Waals surface area (Å²) in [4.78, 5) is 12.3. The number of benzene rings is 1. The Kier molecular flexibility index (Phi) is 4.44. The van der Waals surface area contributed by atoms with Crippen LogP contribution >= 0.6 is 23.2 Å². The van der Waals surface area contributed by atoms with Crippen LogP contribution in [0, 0.1) is 13.8 Å². The number of phenols is 1. The number of amides is 1. The molecule has 0 aliphatic rings. The maximum Gasteiger partial charge on any atom is 0.249 e. The Morgan fingerprint density at radius 3 is 2.62 bits per heavy atom. The van der Waals surface area contributed by atoms with Gasteiger partial charge in [0.15, 0.2) is 0 Å². The number of nitrogens with zero attached hydrogens (tertiary/aromatic N) is 2. The molecule has 0 radical (unpaired) electrons. The van der Waals surface area contributed by atoms with Gasteiger partial charge in [0.2, 0.25) is 5.91 Å². The Morgan fingerprint density at radius 1 is 1.38 bits per heavy atom. The molecule has 2 aromatic rings. The van der Waals surface area contributed by atoms with Crippen molar-refractivity contribution in [2.75, 3.05) is 5.32 Å². The Bertz CT molecular complexity index is 698. The summed E-state index contributed by atoms with van der Waals surface area (Å²) in [6.07, 6.45) is 0. The lowest BCUT2D eigenvalue weighted by molar-refractivity contribution is -0.119. The van der Waals surface area contributed by atoms with E-state index in [9.17, 15) is 9.90 Å². The van der Waals surface area contributed by atoms with Gasteiger partial charge in [-0.15, -0.1) is 0 Å². The van der Waals surface area contributed by atoms with E-state index < -0.39 is 6.04 Å². The Balaban J connectivity index is 2.23. The van der Waals surface area contributed by atoms with Gasteiger partial charge in [-0.2, -0.15) is 5.10 Å². The molecule has 112 valence electrons. The second-order valence-electron chi connectivity index (χ2n) is 4.76. The van der Waals surface area contributed by atoms with E-state index in [1.807, 2.05) is 0 Å². The van der Waals surface area contributed by atoms with Crippen molar-refractivity contribution in [1.29, 1.82) is 0 Å². The van der Waals surface area contributed by atoms with Crippen molar-refractivity contribution in [3.63, 3.8) is 0 Å². The van der Waals surface area contributed by atoms with Crippen molar-refractivity contribution >= 4 is 34.8 Å². The molecule has 0 saturated heterocycles. The van der Waals surface area contributed by atoms with E-state index in [0.717, 1.165) is 0 Å². The quantitative estimate of drug-likeness (QED) is 0.844. The molecule has 21 heavy (non-hydrogen) atoms. The Labute approximate surface area is 132 Å². The minimum atomic E-state index is -0.574. The molecule has 5 nitrogen and oxygen atoms in total. The summed E-state index contributed by atoms with van der Waals surface area (Å²) in [6, 6.07) is 3.87. The van der Waals surface area contributed by atoms with Crippen molar-refractivity contribution in [3.8, 4) is 5.75 Å². The number of halogens is 2. The highest BCUT2D eigenvalue weighted by Crippen LogP contribution is 2.28. The van der Waals surface area contributed by atoms with E-state index in [2.05, 4.69) is 10.4 Å². The molecule has 0 spiro atoms. The first-order valence-corrected chi connectivity index (χ1v) is 7.07. The standard InChI is InChI=1S/C14H15Cl2N3O2/c1-7-13(16)8(2)19(18-7)9(3)14(21)17-11-6-10(15)4-5-12(11)20/h4-6,9,20H,1-3H3,(H,17,21). The summed E-state index contributed by atoms with van der Waals surface area (Å²) < 4.78 is 1.55. The van der Waals surface area contributed by atoms with Gasteiger partial charge < -0.3 is 10.4 Å². The van der Waals surface area contributed by atoms with Crippen molar-refractivity contribution in [1.82, 2.24) is 9.78 Å². The summed E-state index contributed by atoms with van der Waals surface area (Å²) >= 11 is 11.9. The van der Waals surface area contributed by atoms with Crippen molar-refractivity contribution < 1.29 is 9.90 Å². The monoisotopic (exact) mass is 327 g/mol. The van der Waals surface area contributed by atoms with Gasteiger partial charge in [0.05, 0.1) is 22.1 Å². The van der Waals surface area contributed by atoms with Gasteiger partial charge in [-0.3, -0.25) is 9.48 Å². The predicted molar refractivity (Wildman–Crippen MR) is 83.2 cm³/mol. The molecule has 0 aliphatic carbocycles. The van der Waals surface area contributed by atoms with Crippen LogP contribution in [0.25, 0.3) is 0 Å². The molecular weight excluding hydrogens is 313 g/mol. The van der Waals surface area contributed by atoms with Crippen molar-refractivity contribution in [2.24, 2.45) is 0 Å². The van der Waals surface area contributed by atoms with Crippen LogP contribution < -0.4 is 5.32 Å². The number of nitrogens with one attached hydrogen (secondary N) is 1. The van der Waals surface area contributed by atoms with Gasteiger partial charge >= 0.3 is 0 Å². The zero-order chi connectivity index (χ0) is 15.7. The molecule has 1 unspecified atom stereocenters. The number of hydrogen-bond acceptors (Lipinski definition) is 3. The number of phenolic OH excluding ortho intramolecular Hbond substituents is 1. The van der Waals surface area contributed by atoms with E-state index >= 15 is 0 Å². The van der Waals surface area contributed by atoms with E-state index in [1.165, 1.54) is 18.2 Å². The van der Waals surface area contributed by atoms with E-state index in [1.54, 1.807) is 25.5 Å². The lowest BCUT2D eigenvalue weighted by Gasteiger charge is -2.15. The molecule has 0 aliphatic heterocycles. The second-order valence-corrected chi connectivity index (χ2v) is 5.57. The van der Waals surface area contributed by atoms with Crippen LogP contribution in [-0.2, 0) is 4.79 Å². The lowest BCUT2D eigenvalue weighted by Crippen LogP contribution is -2.25. The molecule has 0 bridgehead atoms. The number of aryl methyl sites for hydroxylation is 1. The number of hydrogen-bond donors (Lipinski definition) is 2. The van der Waals surface area contributed by atoms with Crippen LogP contribution in [-0.4, -0.2) is 20.8 Å². The predicted octanol–water partition coefficient (Wildman–Crippen LogP) is 3.71. The third kappa shape index (κ3) is 3.14. The first-order chi connectivity index (χ1) is 9.81. The minimum Gasteiger partial charge on any atom is -0.506 e. The number of aromatic hydroxyl groups is 1. The molecule has 0 saturated carbocycles. The fraction of sp³-hybridized carbons (Fsp3) is 0.286. The Morgan fingerprint density at radius 2 is 2.05 bits per heavy atom. The smallest absolute Gasteiger partial charge is 0.249 e. The lowest BCUT2D eigenvalue weighted by atomic mass is 10.2. The van der Waals surface area contributed by atoms with Gasteiger partial charge in [0, 0.05) is 5.02 Å². The number of aromatic nitrogens is 2. The molecular formula is C14H15Cl2N3O2. The summed E-state index contributed by atoms with van der Waals surface area (Å²) in [6.45, 7) is 5.27. The summed E-state index contributed by atoms with van der Waals surface area (Å²) in [7, 11) is 0. The van der Waals surface area contributed by atoms with Crippen LogP contribution in [0.15, 0.2) is 18.2 Å². The number of carbonyl (C=O) groups is 1. The van der Waals surface area contributed by atoms with Gasteiger partial charge in [-0.05, 0) is 39.0 Å². The fourth-order valence-corrected chi connectivity index (χ4v) is 2.27. The van der Waals surface area contributed by atoms with Gasteiger partial charge in [-0.1, -0.05) is 23.2 Å².